The molecule has 12 heteroatoms. The number of H-pyrrole nitrogens is 1. The van der Waals surface area contributed by atoms with Crippen molar-refractivity contribution in [3.63, 3.8) is 0 Å². The van der Waals surface area contributed by atoms with Crippen LogP contribution in [0.2, 0.25) is 0 Å². The Kier molecular flexibility index (Phi) is 11.6. The van der Waals surface area contributed by atoms with Gasteiger partial charge in [-0.3, -0.25) is 19.3 Å². The van der Waals surface area contributed by atoms with Gasteiger partial charge in [-0.05, 0) is 112 Å². The first-order chi connectivity index (χ1) is 26.2. The van der Waals surface area contributed by atoms with E-state index in [-0.39, 0.29) is 40.6 Å². The lowest BCUT2D eigenvalue weighted by atomic mass is 9.72. The Labute approximate surface area is 314 Å². The molecule has 4 N–H and O–H groups in total. The maximum absolute atomic E-state index is 15.1. The number of nitrogens with one attached hydrogen (secondary N) is 2. The van der Waals surface area contributed by atoms with Crippen molar-refractivity contribution in [3.8, 4) is 11.5 Å². The van der Waals surface area contributed by atoms with Crippen molar-refractivity contribution in [1.82, 2.24) is 20.1 Å². The molecule has 2 bridgehead atoms. The number of carbonyl (C=O) groups excluding carboxylic acids is 2. The number of unbranched alkanes of at least 4 members (excludes halogenated alkanes) is 2. The fourth-order valence-corrected chi connectivity index (χ4v) is 8.30. The maximum Gasteiger partial charge on any atom is 0.317 e. The number of hydrogen-bond acceptors (Lipinski definition) is 9. The minimum Gasteiger partial charge on any atom is -0.506 e. The molecule has 0 spiro atoms. The van der Waals surface area contributed by atoms with E-state index in [9.17, 15) is 24.6 Å². The molecule has 3 aromatic carbocycles. The van der Waals surface area contributed by atoms with Gasteiger partial charge in [0, 0.05) is 43.2 Å². The summed E-state index contributed by atoms with van der Waals surface area (Å²) in [5, 5.41) is 24.6. The van der Waals surface area contributed by atoms with Crippen molar-refractivity contribution < 1.29 is 33.7 Å². The number of aromatic hydroxyl groups is 1. The number of ether oxygens (including phenoxy) is 2. The van der Waals surface area contributed by atoms with Gasteiger partial charge in [0.1, 0.15) is 11.9 Å². The molecule has 4 aromatic rings. The first kappa shape index (κ1) is 37.5. The zero-order valence-corrected chi connectivity index (χ0v) is 30.5. The number of rotatable bonds is 14. The molecular weight excluding hydrogens is 691 g/mol. The number of pyridine rings is 1. The van der Waals surface area contributed by atoms with Crippen LogP contribution >= 0.6 is 0 Å². The highest BCUT2D eigenvalue weighted by Gasteiger charge is 2.47. The third-order valence-corrected chi connectivity index (χ3v) is 11.5. The second kappa shape index (κ2) is 16.7. The summed E-state index contributed by atoms with van der Waals surface area (Å²) in [7, 11) is 0. The Bertz CT molecular complexity index is 1990. The predicted octanol–water partition coefficient (Wildman–Crippen LogP) is 5.06. The number of piperidine rings is 4. The van der Waals surface area contributed by atoms with Crippen LogP contribution in [0.4, 0.5) is 4.39 Å². The van der Waals surface area contributed by atoms with Gasteiger partial charge in [0.25, 0.3) is 5.91 Å². The second-order valence-corrected chi connectivity index (χ2v) is 14.9. The van der Waals surface area contributed by atoms with Gasteiger partial charge in [-0.15, -0.1) is 0 Å². The number of nitrogens with zero attached hydrogens (tertiary/aromatic N) is 2. The molecule has 4 fully saturated rings. The van der Waals surface area contributed by atoms with E-state index in [2.05, 4.69) is 15.2 Å². The van der Waals surface area contributed by atoms with Crippen molar-refractivity contribution in [2.75, 3.05) is 52.4 Å². The molecule has 4 aliphatic heterocycles. The zero-order valence-electron chi connectivity index (χ0n) is 30.5. The number of carbonyl (C=O) groups is 2. The highest BCUT2D eigenvalue weighted by molar-refractivity contribution is 5.95. The molecule has 1 amide bonds. The summed E-state index contributed by atoms with van der Waals surface area (Å²) in [5.74, 6) is -0.643. The monoisotopic (exact) mass is 740 g/mol. The van der Waals surface area contributed by atoms with Crippen molar-refractivity contribution in [1.29, 1.82) is 0 Å². The van der Waals surface area contributed by atoms with Crippen LogP contribution in [0.1, 0.15) is 72.5 Å². The van der Waals surface area contributed by atoms with Crippen LogP contribution in [-0.2, 0) is 14.9 Å². The van der Waals surface area contributed by atoms with Crippen molar-refractivity contribution in [3.05, 3.63) is 106 Å². The number of aliphatic hydroxyl groups excluding tert-OH is 1. The number of phenols is 1. The average molecular weight is 741 g/mol. The van der Waals surface area contributed by atoms with E-state index in [1.165, 1.54) is 24.3 Å². The van der Waals surface area contributed by atoms with Gasteiger partial charge in [-0.2, -0.15) is 0 Å². The third kappa shape index (κ3) is 8.15. The largest absolute Gasteiger partial charge is 0.506 e. The quantitative estimate of drug-likeness (QED) is 0.103. The Hall–Kier alpha value is -4.78. The number of aliphatic hydroxyl groups is 1. The highest BCUT2D eigenvalue weighted by Crippen LogP contribution is 2.40. The molecule has 0 aliphatic carbocycles. The van der Waals surface area contributed by atoms with E-state index >= 15 is 4.39 Å². The summed E-state index contributed by atoms with van der Waals surface area (Å²) in [6.07, 6.45) is 4.37. The zero-order chi connectivity index (χ0) is 37.7. The first-order valence-electron chi connectivity index (χ1n) is 19.2. The predicted molar refractivity (Wildman–Crippen MR) is 202 cm³/mol. The number of benzene rings is 3. The molecular formula is C42H49FN4O7. The van der Waals surface area contributed by atoms with E-state index < -0.39 is 17.3 Å². The van der Waals surface area contributed by atoms with Crippen molar-refractivity contribution >= 4 is 22.8 Å². The minimum absolute atomic E-state index is 0.0541. The molecule has 2 atom stereocenters. The summed E-state index contributed by atoms with van der Waals surface area (Å²) in [5.41, 5.74) is 0.878. The highest BCUT2D eigenvalue weighted by atomic mass is 19.1. The molecule has 0 saturated carbocycles. The Morgan fingerprint density at radius 3 is 2.46 bits per heavy atom. The number of aromatic amines is 1. The number of fused-ring (bicyclic) bond motifs is 4. The van der Waals surface area contributed by atoms with Gasteiger partial charge in [0.15, 0.2) is 11.6 Å². The normalized spacial score (nSPS) is 21.1. The smallest absolute Gasteiger partial charge is 0.317 e. The first-order valence-corrected chi connectivity index (χ1v) is 19.2. The Morgan fingerprint density at radius 1 is 0.963 bits per heavy atom. The molecule has 4 saturated heterocycles. The van der Waals surface area contributed by atoms with Crippen molar-refractivity contribution in [2.45, 2.75) is 62.6 Å². The van der Waals surface area contributed by atoms with Crippen LogP contribution in [0.5, 0.6) is 11.5 Å². The van der Waals surface area contributed by atoms with Gasteiger partial charge in [0.05, 0.1) is 23.6 Å². The van der Waals surface area contributed by atoms with Crippen LogP contribution in [0.25, 0.3) is 10.9 Å². The molecule has 4 aliphatic rings. The Morgan fingerprint density at radius 2 is 1.74 bits per heavy atom. The van der Waals surface area contributed by atoms with Crippen LogP contribution in [-0.4, -0.2) is 95.4 Å². The molecule has 8 rings (SSSR count). The van der Waals surface area contributed by atoms with E-state index in [1.54, 1.807) is 23.1 Å². The lowest BCUT2D eigenvalue weighted by Gasteiger charge is -2.46. The van der Waals surface area contributed by atoms with Crippen LogP contribution in [0, 0.1) is 11.7 Å². The Balaban J connectivity index is 0.852. The maximum atomic E-state index is 15.1. The molecule has 11 nitrogen and oxygen atoms in total. The number of halogens is 1. The van der Waals surface area contributed by atoms with E-state index in [0.29, 0.717) is 74.4 Å². The van der Waals surface area contributed by atoms with Crippen LogP contribution in [0.15, 0.2) is 77.6 Å². The summed E-state index contributed by atoms with van der Waals surface area (Å²) in [4.78, 5) is 45.8. The molecule has 286 valence electrons. The average Bonchev–Trinajstić information content (AvgIpc) is 3.20. The molecule has 1 aromatic heterocycles. The fourth-order valence-electron chi connectivity index (χ4n) is 8.30. The van der Waals surface area contributed by atoms with Gasteiger partial charge in [-0.1, -0.05) is 36.4 Å². The topological polar surface area (TPSA) is 144 Å². The summed E-state index contributed by atoms with van der Waals surface area (Å²) in [6, 6.07) is 20.1. The number of phenolic OH excluding ortho intramolecular Hbond substituents is 1. The molecule has 0 unspecified atom stereocenters. The SMILES string of the molecule is O=C(c1ccc(OCCCCCNC[C@H](O)c2ccc(O)c3[nH]c(=O)ccc23)c(F)c1)N1CCC(C(=O)O[C@H]2CN3CCC2CC3)(c2ccccc2)CC1. The standard InChI is InChI=1S/C42H49FN4O7/c43-33-25-29(9-13-36(33)53-24-6-2-5-19-44-26-35(49)31-10-12-34(48)39-32(31)11-14-38(50)45-39)40(51)47-22-17-42(18-23-47,30-7-3-1-4-8-30)41(52)54-37-27-46-20-15-28(37)16-21-46/h1,3-4,7-14,25,28,35,37,44,48-49H,2,5-6,15-24,26-27H2,(H,45,50)/t35-,37-/m0/s1. The van der Waals surface area contributed by atoms with Crippen molar-refractivity contribution in [2.24, 2.45) is 5.92 Å². The number of aromatic nitrogens is 1. The van der Waals surface area contributed by atoms with Gasteiger partial charge in [-0.25, -0.2) is 4.39 Å². The molecule has 54 heavy (non-hydrogen) atoms. The summed E-state index contributed by atoms with van der Waals surface area (Å²) < 4.78 is 27.1. The number of esters is 1. The van der Waals surface area contributed by atoms with E-state index in [1.807, 2.05) is 30.3 Å². The lowest BCUT2D eigenvalue weighted by Crippen LogP contribution is -2.55. The fraction of sp³-hybridized carbons (Fsp3) is 0.452. The summed E-state index contributed by atoms with van der Waals surface area (Å²) >= 11 is 0. The molecule has 0 radical (unpaired) electrons. The molecule has 5 heterocycles. The van der Waals surface area contributed by atoms with Gasteiger partial charge < -0.3 is 34.9 Å². The summed E-state index contributed by atoms with van der Waals surface area (Å²) in [6.45, 7) is 4.88. The second-order valence-electron chi connectivity index (χ2n) is 14.9. The number of likely N-dealkylation sites (tertiary alicyclic amines) is 1. The number of amides is 1. The third-order valence-electron chi connectivity index (χ3n) is 11.5. The number of hydrogen-bond donors (Lipinski definition) is 4. The lowest BCUT2D eigenvalue weighted by molar-refractivity contribution is -0.167. The van der Waals surface area contributed by atoms with Crippen LogP contribution in [0.3, 0.4) is 0 Å². The van der Waals surface area contributed by atoms with Gasteiger partial charge >= 0.3 is 5.97 Å². The van der Waals surface area contributed by atoms with Crippen LogP contribution < -0.4 is 15.6 Å². The van der Waals surface area contributed by atoms with Gasteiger partial charge in [0.2, 0.25) is 5.56 Å². The minimum atomic E-state index is -0.836. The van der Waals surface area contributed by atoms with E-state index in [0.717, 1.165) is 50.9 Å². The van der Waals surface area contributed by atoms with E-state index in [4.69, 9.17) is 9.47 Å².